The molecule has 0 aliphatic heterocycles. The van der Waals surface area contributed by atoms with E-state index in [9.17, 15) is 0 Å². The summed E-state index contributed by atoms with van der Waals surface area (Å²) in [5.41, 5.74) is 8.69. The smallest absolute Gasteiger partial charge is 0.146 e. The fourth-order valence-corrected chi connectivity index (χ4v) is 6.41. The molecule has 0 N–H and O–H groups in total. The lowest BCUT2D eigenvalue weighted by Crippen LogP contribution is -1.98. The minimum Gasteiger partial charge on any atom is -0.292 e. The lowest BCUT2D eigenvalue weighted by Gasteiger charge is -2.10. The molecular formula is C38H28N4. The molecule has 0 unspecified atom stereocenters. The molecule has 200 valence electrons. The van der Waals surface area contributed by atoms with Gasteiger partial charge in [-0.05, 0) is 52.9 Å². The van der Waals surface area contributed by atoms with E-state index in [-0.39, 0.29) is 0 Å². The topological polar surface area (TPSA) is 35.1 Å². The SMILES string of the molecule is CC.c1ccc(-c2ccnc(-n3c4ccccc4c4ccc5c(nc6c7ccccc7c7ccccc7n56)c43)c2)cc1. The van der Waals surface area contributed by atoms with Crippen molar-refractivity contribution in [2.45, 2.75) is 13.8 Å². The summed E-state index contributed by atoms with van der Waals surface area (Å²) >= 11 is 0. The molecule has 4 aromatic heterocycles. The minimum atomic E-state index is 0.881. The van der Waals surface area contributed by atoms with Crippen molar-refractivity contribution >= 4 is 60.2 Å². The van der Waals surface area contributed by atoms with E-state index in [0.717, 1.165) is 50.0 Å². The molecule has 4 nitrogen and oxygen atoms in total. The van der Waals surface area contributed by atoms with Gasteiger partial charge in [-0.25, -0.2) is 9.97 Å². The van der Waals surface area contributed by atoms with Gasteiger partial charge < -0.3 is 0 Å². The van der Waals surface area contributed by atoms with Gasteiger partial charge in [-0.3, -0.25) is 8.97 Å². The molecule has 0 saturated carbocycles. The molecule has 0 aliphatic rings. The highest BCUT2D eigenvalue weighted by Crippen LogP contribution is 2.39. The molecule has 0 radical (unpaired) electrons. The van der Waals surface area contributed by atoms with E-state index in [1.807, 2.05) is 26.1 Å². The van der Waals surface area contributed by atoms with Gasteiger partial charge in [0.15, 0.2) is 0 Å². The molecule has 0 bridgehead atoms. The first-order valence-electron chi connectivity index (χ1n) is 14.5. The highest BCUT2D eigenvalue weighted by Gasteiger charge is 2.20. The molecule has 0 atom stereocenters. The highest BCUT2D eigenvalue weighted by molar-refractivity contribution is 6.20. The third-order valence-corrected chi connectivity index (χ3v) is 8.14. The summed E-state index contributed by atoms with van der Waals surface area (Å²) in [7, 11) is 0. The van der Waals surface area contributed by atoms with E-state index >= 15 is 0 Å². The molecule has 4 heterocycles. The van der Waals surface area contributed by atoms with Crippen LogP contribution in [-0.2, 0) is 0 Å². The zero-order valence-corrected chi connectivity index (χ0v) is 23.5. The molecule has 9 rings (SSSR count). The Morgan fingerprint density at radius 3 is 1.93 bits per heavy atom. The first-order valence-corrected chi connectivity index (χ1v) is 14.5. The summed E-state index contributed by atoms with van der Waals surface area (Å²) in [5, 5.41) is 5.96. The van der Waals surface area contributed by atoms with E-state index in [0.29, 0.717) is 0 Å². The second-order valence-electron chi connectivity index (χ2n) is 10.3. The summed E-state index contributed by atoms with van der Waals surface area (Å²) in [6, 6.07) is 45.0. The third kappa shape index (κ3) is 3.42. The molecule has 4 heteroatoms. The van der Waals surface area contributed by atoms with Gasteiger partial charge in [0, 0.05) is 27.7 Å². The highest BCUT2D eigenvalue weighted by atomic mass is 15.1. The van der Waals surface area contributed by atoms with E-state index in [4.69, 9.17) is 9.97 Å². The van der Waals surface area contributed by atoms with Crippen LogP contribution in [0.2, 0.25) is 0 Å². The number of imidazole rings is 1. The van der Waals surface area contributed by atoms with Crippen LogP contribution in [0.1, 0.15) is 13.8 Å². The third-order valence-electron chi connectivity index (χ3n) is 8.14. The zero-order valence-electron chi connectivity index (χ0n) is 23.5. The second kappa shape index (κ2) is 9.57. The van der Waals surface area contributed by atoms with Crippen LogP contribution in [0.5, 0.6) is 0 Å². The van der Waals surface area contributed by atoms with Crippen LogP contribution < -0.4 is 0 Å². The van der Waals surface area contributed by atoms with Crippen LogP contribution in [0.15, 0.2) is 134 Å². The van der Waals surface area contributed by atoms with Crippen molar-refractivity contribution in [3.63, 3.8) is 0 Å². The second-order valence-corrected chi connectivity index (χ2v) is 10.3. The molecule has 0 amide bonds. The Morgan fingerprint density at radius 1 is 0.500 bits per heavy atom. The van der Waals surface area contributed by atoms with Crippen molar-refractivity contribution < 1.29 is 0 Å². The number of hydrogen-bond donors (Lipinski definition) is 0. The lowest BCUT2D eigenvalue weighted by atomic mass is 10.1. The molecular weight excluding hydrogens is 512 g/mol. The fourth-order valence-electron chi connectivity index (χ4n) is 6.41. The average Bonchev–Trinajstić information content (AvgIpc) is 3.63. The van der Waals surface area contributed by atoms with E-state index in [2.05, 4.69) is 130 Å². The standard InChI is InChI=1S/C36H22N4.C2H6/c1-2-10-23(11-3-1)24-20-21-37-33(22-24)40-31-17-9-7-14-27(31)28-18-19-32-34(35(28)40)38-36-29-15-5-4-12-25(29)26-13-6-8-16-30(26)39(32)36;1-2/h1-22H;1-2H3. The van der Waals surface area contributed by atoms with Crippen molar-refractivity contribution in [1.82, 2.24) is 18.9 Å². The van der Waals surface area contributed by atoms with Crippen LogP contribution in [0, 0.1) is 0 Å². The van der Waals surface area contributed by atoms with Crippen LogP contribution in [-0.4, -0.2) is 18.9 Å². The molecule has 0 saturated heterocycles. The first-order chi connectivity index (χ1) is 20.9. The number of fused-ring (bicyclic) bond motifs is 12. The lowest BCUT2D eigenvalue weighted by molar-refractivity contribution is 1.08. The van der Waals surface area contributed by atoms with Gasteiger partial charge in [-0.15, -0.1) is 0 Å². The maximum absolute atomic E-state index is 5.40. The number of rotatable bonds is 2. The number of hydrogen-bond acceptors (Lipinski definition) is 2. The van der Waals surface area contributed by atoms with E-state index < -0.39 is 0 Å². The zero-order chi connectivity index (χ0) is 28.2. The maximum atomic E-state index is 5.40. The van der Waals surface area contributed by atoms with Gasteiger partial charge in [-0.2, -0.15) is 0 Å². The summed E-state index contributed by atoms with van der Waals surface area (Å²) in [6.45, 7) is 4.00. The summed E-state index contributed by atoms with van der Waals surface area (Å²) < 4.78 is 4.61. The van der Waals surface area contributed by atoms with E-state index in [1.54, 1.807) is 0 Å². The first kappa shape index (κ1) is 24.3. The Hall–Kier alpha value is -5.48. The molecule has 9 aromatic rings. The minimum absolute atomic E-state index is 0.881. The molecule has 5 aromatic carbocycles. The largest absolute Gasteiger partial charge is 0.292 e. The van der Waals surface area contributed by atoms with Gasteiger partial charge in [0.25, 0.3) is 0 Å². The molecule has 42 heavy (non-hydrogen) atoms. The Bertz CT molecular complexity index is 2430. The number of benzene rings is 5. The number of nitrogens with zero attached hydrogens (tertiary/aromatic N) is 4. The van der Waals surface area contributed by atoms with Gasteiger partial charge >= 0.3 is 0 Å². The molecule has 0 aliphatic carbocycles. The normalized spacial score (nSPS) is 11.6. The van der Waals surface area contributed by atoms with Crippen molar-refractivity contribution in [3.05, 3.63) is 134 Å². The van der Waals surface area contributed by atoms with Gasteiger partial charge in [0.05, 0.1) is 22.1 Å². The number of aromatic nitrogens is 4. The van der Waals surface area contributed by atoms with Gasteiger partial charge in [0.1, 0.15) is 17.0 Å². The Kier molecular flexibility index (Phi) is 5.54. The predicted molar refractivity (Wildman–Crippen MR) is 177 cm³/mol. The summed E-state index contributed by atoms with van der Waals surface area (Å²) in [4.78, 5) is 10.3. The fraction of sp³-hybridized carbons (Fsp3) is 0.0526. The maximum Gasteiger partial charge on any atom is 0.146 e. The Balaban J connectivity index is 0.00000131. The molecule has 0 fully saturated rings. The van der Waals surface area contributed by atoms with Crippen LogP contribution in [0.25, 0.3) is 77.1 Å². The van der Waals surface area contributed by atoms with Crippen molar-refractivity contribution in [2.75, 3.05) is 0 Å². The average molecular weight is 541 g/mol. The van der Waals surface area contributed by atoms with Crippen LogP contribution >= 0.6 is 0 Å². The number of para-hydroxylation sites is 2. The van der Waals surface area contributed by atoms with E-state index in [1.165, 1.54) is 27.1 Å². The quantitative estimate of drug-likeness (QED) is 0.205. The van der Waals surface area contributed by atoms with Crippen LogP contribution in [0.3, 0.4) is 0 Å². The Morgan fingerprint density at radius 2 is 1.14 bits per heavy atom. The van der Waals surface area contributed by atoms with Crippen molar-refractivity contribution in [2.24, 2.45) is 0 Å². The monoisotopic (exact) mass is 540 g/mol. The number of pyridine rings is 2. The van der Waals surface area contributed by atoms with Crippen molar-refractivity contribution in [1.29, 1.82) is 0 Å². The summed E-state index contributed by atoms with van der Waals surface area (Å²) in [6.07, 6.45) is 1.91. The Labute approximate surface area is 243 Å². The van der Waals surface area contributed by atoms with Gasteiger partial charge in [-0.1, -0.05) is 105 Å². The van der Waals surface area contributed by atoms with Crippen molar-refractivity contribution in [3.8, 4) is 16.9 Å². The predicted octanol–water partition coefficient (Wildman–Crippen LogP) is 9.98. The summed E-state index contributed by atoms with van der Waals surface area (Å²) in [5.74, 6) is 0.881. The van der Waals surface area contributed by atoms with Crippen LogP contribution in [0.4, 0.5) is 0 Å². The van der Waals surface area contributed by atoms with Gasteiger partial charge in [0.2, 0.25) is 0 Å². The molecule has 0 spiro atoms.